The van der Waals surface area contributed by atoms with E-state index in [0.717, 1.165) is 7.11 Å². The lowest BCUT2D eigenvalue weighted by Crippen LogP contribution is -2.00. The topological polar surface area (TPSA) is 145 Å². The van der Waals surface area contributed by atoms with Crippen LogP contribution in [0.5, 0.6) is 0 Å². The number of hydrogen-bond donors (Lipinski definition) is 2. The number of quaternary nitrogens is 2. The van der Waals surface area contributed by atoms with Gasteiger partial charge in [0, 0.05) is 0 Å². The van der Waals surface area contributed by atoms with Gasteiger partial charge in [-0.25, -0.2) is 0 Å². The van der Waals surface area contributed by atoms with Crippen molar-refractivity contribution in [2.45, 2.75) is 0 Å². The van der Waals surface area contributed by atoms with Gasteiger partial charge in [0.05, 0.1) is 0 Å². The zero-order chi connectivity index (χ0) is 5.41. The summed E-state index contributed by atoms with van der Waals surface area (Å²) in [5.74, 6) is 0. The Morgan fingerprint density at radius 1 is 1.38 bits per heavy atom. The van der Waals surface area contributed by atoms with Crippen molar-refractivity contribution in [3.05, 3.63) is 0 Å². The Balaban J connectivity index is -0.0000000183. The summed E-state index contributed by atoms with van der Waals surface area (Å²) in [6.45, 7) is -0.181. The maximum absolute atomic E-state index is 8.64. The Labute approximate surface area is 47.2 Å². The van der Waals surface area contributed by atoms with Crippen LogP contribution in [0.15, 0.2) is 0 Å². The fraction of sp³-hybridized carbons (Fsp3) is 0.500. The molecule has 0 atom stereocenters. The van der Waals surface area contributed by atoms with Gasteiger partial charge in [0.2, 0.25) is 0 Å². The Kier molecular flexibility index (Phi) is 344. The van der Waals surface area contributed by atoms with Crippen LogP contribution in [-0.4, -0.2) is 13.6 Å². The zero-order valence-corrected chi connectivity index (χ0v) is 5.21. The molecule has 0 radical (unpaired) electrons. The second kappa shape index (κ2) is 104. The van der Waals surface area contributed by atoms with Gasteiger partial charge >= 0.3 is 0 Å². The number of carbonyl (C=O) groups is 1. The van der Waals surface area contributed by atoms with E-state index in [1.807, 2.05) is 0 Å². The SMILES string of the molecule is C[O-].O=CO[O-].[NH4+].[NH4+]. The zero-order valence-electron chi connectivity index (χ0n) is 5.21. The second-order valence-corrected chi connectivity index (χ2v) is 0.192. The molecule has 0 aliphatic heterocycles. The van der Waals surface area contributed by atoms with Crippen molar-refractivity contribution in [2.75, 3.05) is 7.11 Å². The summed E-state index contributed by atoms with van der Waals surface area (Å²) in [4.78, 5) is 11.2. The molecule has 0 saturated heterocycles. The van der Waals surface area contributed by atoms with Crippen LogP contribution in [-0.2, 0) is 9.68 Å². The lowest BCUT2D eigenvalue weighted by molar-refractivity contribution is -0.652. The molecule has 0 fully saturated rings. The van der Waals surface area contributed by atoms with Gasteiger partial charge in [-0.3, -0.25) is 4.79 Å². The maximum Gasteiger partial charge on any atom is 0.287 e. The average Bonchev–Trinajstić information content (AvgIpc) is 1.72. The second-order valence-electron chi connectivity index (χ2n) is 0.192. The molecule has 0 rings (SSSR count). The first-order chi connectivity index (χ1) is 2.91. The summed E-state index contributed by atoms with van der Waals surface area (Å²) >= 11 is 0. The molecule has 0 saturated carbocycles. The predicted octanol–water partition coefficient (Wildman–Crippen LogP) is -1.84. The van der Waals surface area contributed by atoms with E-state index < -0.39 is 0 Å². The van der Waals surface area contributed by atoms with Gasteiger partial charge < -0.3 is 27.6 Å². The Hall–Kier alpha value is -0.690. The van der Waals surface area contributed by atoms with Gasteiger partial charge in [-0.1, -0.05) is 0 Å². The van der Waals surface area contributed by atoms with Crippen molar-refractivity contribution in [2.24, 2.45) is 0 Å². The average molecular weight is 128 g/mol. The minimum atomic E-state index is -0.181. The summed E-state index contributed by atoms with van der Waals surface area (Å²) in [5, 5.41) is 16.7. The molecule has 0 spiro atoms. The third kappa shape index (κ3) is 1030. The molecular formula is C2H12N2O4. The quantitative estimate of drug-likeness (QED) is 0.242. The molecular weight excluding hydrogens is 116 g/mol. The highest BCUT2D eigenvalue weighted by Gasteiger charge is 1.34. The summed E-state index contributed by atoms with van der Waals surface area (Å²) in [6.07, 6.45) is 0. The number of carbonyl (C=O) groups excluding carboxylic acids is 1. The molecule has 0 aromatic rings. The highest BCUT2D eigenvalue weighted by Crippen LogP contribution is 1.22. The van der Waals surface area contributed by atoms with E-state index in [2.05, 4.69) is 4.89 Å². The van der Waals surface area contributed by atoms with Crippen molar-refractivity contribution >= 4 is 6.47 Å². The fourth-order valence-corrected chi connectivity index (χ4v) is 0. The lowest BCUT2D eigenvalue weighted by atomic mass is 11.7. The summed E-state index contributed by atoms with van der Waals surface area (Å²) in [6, 6.07) is 0. The molecule has 0 amide bonds. The van der Waals surface area contributed by atoms with Crippen molar-refractivity contribution in [1.82, 2.24) is 12.3 Å². The molecule has 6 nitrogen and oxygen atoms in total. The van der Waals surface area contributed by atoms with E-state index in [9.17, 15) is 0 Å². The van der Waals surface area contributed by atoms with Crippen LogP contribution in [0.1, 0.15) is 0 Å². The van der Waals surface area contributed by atoms with Crippen molar-refractivity contribution in [3.8, 4) is 0 Å². The fourth-order valence-electron chi connectivity index (χ4n) is 0. The van der Waals surface area contributed by atoms with Crippen LogP contribution in [0.3, 0.4) is 0 Å². The normalized spacial score (nSPS) is 3.38. The molecule has 0 aromatic heterocycles. The standard InChI is InChI=1S/CH2O3.CH3O.2H3N/c2-1-4-3;1-2;;/h1,3H;1H3;2*1H3/q;-1;;/p+1. The Morgan fingerprint density at radius 2 is 1.50 bits per heavy atom. The van der Waals surface area contributed by atoms with Crippen molar-refractivity contribution < 1.29 is 20.0 Å². The molecule has 6 heteroatoms. The van der Waals surface area contributed by atoms with Crippen LogP contribution < -0.4 is 22.7 Å². The lowest BCUT2D eigenvalue weighted by Gasteiger charge is -1.88. The number of rotatable bonds is 1. The van der Waals surface area contributed by atoms with Crippen molar-refractivity contribution in [1.29, 1.82) is 0 Å². The summed E-state index contributed by atoms with van der Waals surface area (Å²) in [5.41, 5.74) is 0. The molecule has 0 aliphatic rings. The largest absolute Gasteiger partial charge is 0.857 e. The minimum absolute atomic E-state index is 0. The van der Waals surface area contributed by atoms with Crippen LogP contribution in [0.4, 0.5) is 0 Å². The maximum atomic E-state index is 8.64. The smallest absolute Gasteiger partial charge is 0.287 e. The van der Waals surface area contributed by atoms with Crippen LogP contribution in [0.2, 0.25) is 0 Å². The molecule has 8 heavy (non-hydrogen) atoms. The van der Waals surface area contributed by atoms with Gasteiger partial charge in [0.15, 0.2) is 0 Å². The monoisotopic (exact) mass is 128 g/mol. The first-order valence-corrected chi connectivity index (χ1v) is 1.05. The van der Waals surface area contributed by atoms with Gasteiger partial charge in [-0.15, -0.1) is 0 Å². The summed E-state index contributed by atoms with van der Waals surface area (Å²) < 4.78 is 0. The highest BCUT2D eigenvalue weighted by molar-refractivity contribution is 5.35. The van der Waals surface area contributed by atoms with E-state index in [-0.39, 0.29) is 18.8 Å². The van der Waals surface area contributed by atoms with Gasteiger partial charge in [0.25, 0.3) is 6.47 Å². The van der Waals surface area contributed by atoms with Crippen LogP contribution in [0, 0.1) is 0 Å². The van der Waals surface area contributed by atoms with E-state index in [1.54, 1.807) is 0 Å². The van der Waals surface area contributed by atoms with Gasteiger partial charge in [-0.05, 0) is 0 Å². The van der Waals surface area contributed by atoms with Crippen LogP contribution >= 0.6 is 0 Å². The first kappa shape index (κ1) is 26.6. The predicted molar refractivity (Wildman–Crippen MR) is 25.0 cm³/mol. The molecule has 0 aliphatic carbocycles. The van der Waals surface area contributed by atoms with E-state index in [1.165, 1.54) is 0 Å². The highest BCUT2D eigenvalue weighted by atomic mass is 17.1. The first-order valence-electron chi connectivity index (χ1n) is 1.05. The van der Waals surface area contributed by atoms with Crippen molar-refractivity contribution in [3.63, 3.8) is 0 Å². The molecule has 8 N–H and O–H groups in total. The summed E-state index contributed by atoms with van der Waals surface area (Å²) in [7, 11) is 0.750. The third-order valence-electron chi connectivity index (χ3n) is 0.0393. The Morgan fingerprint density at radius 3 is 1.50 bits per heavy atom. The number of hydrogen-bond acceptors (Lipinski definition) is 4. The molecule has 0 aromatic carbocycles. The van der Waals surface area contributed by atoms with E-state index in [0.29, 0.717) is 0 Å². The Bertz CT molecular complexity index is 26.0. The molecule has 0 bridgehead atoms. The molecule has 0 heterocycles. The van der Waals surface area contributed by atoms with Gasteiger partial charge in [-0.2, -0.15) is 7.11 Å². The van der Waals surface area contributed by atoms with E-state index >= 15 is 0 Å². The molecule has 0 unspecified atom stereocenters. The van der Waals surface area contributed by atoms with Gasteiger partial charge in [0.1, 0.15) is 0 Å². The third-order valence-corrected chi connectivity index (χ3v) is 0.0393. The minimum Gasteiger partial charge on any atom is -0.857 e. The van der Waals surface area contributed by atoms with E-state index in [4.69, 9.17) is 15.2 Å². The van der Waals surface area contributed by atoms with Crippen LogP contribution in [0.25, 0.3) is 0 Å². The molecule has 54 valence electrons.